The predicted octanol–water partition coefficient (Wildman–Crippen LogP) is 2.17. The zero-order valence-corrected chi connectivity index (χ0v) is 17.8. The van der Waals surface area contributed by atoms with E-state index >= 15 is 0 Å². The first-order chi connectivity index (χ1) is 14.1. The molecule has 1 aromatic rings. The van der Waals surface area contributed by atoms with Gasteiger partial charge in [-0.2, -0.15) is 0 Å². The number of carbonyl (C=O) groups is 4. The highest BCUT2D eigenvalue weighted by Crippen LogP contribution is 2.24. The Labute approximate surface area is 176 Å². The van der Waals surface area contributed by atoms with Gasteiger partial charge in [-0.3, -0.25) is 19.7 Å². The summed E-state index contributed by atoms with van der Waals surface area (Å²) in [5.41, 5.74) is 0.0207. The van der Waals surface area contributed by atoms with E-state index in [1.807, 2.05) is 20.8 Å². The molecule has 0 saturated carbocycles. The SMILES string of the molecule is COc1ccc(NC(=O)NC(=O)COC(=O)C2CCN(C(=O)C(C)(C)C)CC2)cc1. The number of imide groups is 1. The van der Waals surface area contributed by atoms with Crippen LogP contribution in [0, 0.1) is 11.3 Å². The quantitative estimate of drug-likeness (QED) is 0.707. The Hall–Kier alpha value is -3.10. The van der Waals surface area contributed by atoms with Gasteiger partial charge in [0.2, 0.25) is 5.91 Å². The fraction of sp³-hybridized carbons (Fsp3) is 0.524. The zero-order valence-electron chi connectivity index (χ0n) is 17.8. The van der Waals surface area contributed by atoms with Crippen LogP contribution in [-0.2, 0) is 19.1 Å². The van der Waals surface area contributed by atoms with Crippen LogP contribution in [0.2, 0.25) is 0 Å². The first-order valence-electron chi connectivity index (χ1n) is 9.81. The second kappa shape index (κ2) is 10.1. The summed E-state index contributed by atoms with van der Waals surface area (Å²) in [4.78, 5) is 49.9. The molecule has 0 bridgehead atoms. The van der Waals surface area contributed by atoms with Crippen molar-refractivity contribution in [2.75, 3.05) is 32.1 Å². The second-order valence-electron chi connectivity index (χ2n) is 8.15. The van der Waals surface area contributed by atoms with E-state index in [1.165, 1.54) is 7.11 Å². The second-order valence-corrected chi connectivity index (χ2v) is 8.15. The molecule has 0 spiro atoms. The van der Waals surface area contributed by atoms with E-state index in [9.17, 15) is 19.2 Å². The average molecular weight is 419 g/mol. The number of ether oxygens (including phenoxy) is 2. The maximum Gasteiger partial charge on any atom is 0.325 e. The lowest BCUT2D eigenvalue weighted by molar-refractivity contribution is -0.155. The number of amides is 4. The molecule has 2 N–H and O–H groups in total. The van der Waals surface area contributed by atoms with E-state index in [2.05, 4.69) is 10.6 Å². The van der Waals surface area contributed by atoms with Crippen molar-refractivity contribution < 1.29 is 28.7 Å². The zero-order chi connectivity index (χ0) is 22.3. The molecule has 4 amide bonds. The molecule has 9 nitrogen and oxygen atoms in total. The number of hydrogen-bond donors (Lipinski definition) is 2. The summed E-state index contributed by atoms with van der Waals surface area (Å²) in [5.74, 6) is -0.901. The lowest BCUT2D eigenvalue weighted by atomic mass is 9.91. The number of carbonyl (C=O) groups excluding carboxylic acids is 4. The number of likely N-dealkylation sites (tertiary alicyclic amines) is 1. The molecule has 0 atom stereocenters. The first-order valence-corrected chi connectivity index (χ1v) is 9.81. The Balaban J connectivity index is 1.71. The van der Waals surface area contributed by atoms with Gasteiger partial charge in [0.25, 0.3) is 5.91 Å². The minimum atomic E-state index is -0.727. The van der Waals surface area contributed by atoms with Gasteiger partial charge in [0.15, 0.2) is 6.61 Å². The highest BCUT2D eigenvalue weighted by atomic mass is 16.5. The summed E-state index contributed by atoms with van der Waals surface area (Å²) in [7, 11) is 1.53. The third-order valence-electron chi connectivity index (χ3n) is 4.70. The molecule has 0 aromatic heterocycles. The van der Waals surface area contributed by atoms with Crippen LogP contribution in [0.15, 0.2) is 24.3 Å². The normalized spacial score (nSPS) is 14.6. The van der Waals surface area contributed by atoms with Crippen LogP contribution in [0.5, 0.6) is 5.75 Å². The number of nitrogens with one attached hydrogen (secondary N) is 2. The van der Waals surface area contributed by atoms with Gasteiger partial charge in [-0.25, -0.2) is 4.79 Å². The van der Waals surface area contributed by atoms with Crippen molar-refractivity contribution in [2.24, 2.45) is 11.3 Å². The summed E-state index contributed by atoms with van der Waals surface area (Å²) in [6, 6.07) is 5.86. The molecule has 164 valence electrons. The number of benzene rings is 1. The van der Waals surface area contributed by atoms with Crippen LogP contribution in [0.25, 0.3) is 0 Å². The van der Waals surface area contributed by atoms with E-state index in [1.54, 1.807) is 29.2 Å². The Morgan fingerprint density at radius 1 is 1.07 bits per heavy atom. The molecule has 1 fully saturated rings. The van der Waals surface area contributed by atoms with E-state index in [0.717, 1.165) is 0 Å². The lowest BCUT2D eigenvalue weighted by Crippen LogP contribution is -2.45. The van der Waals surface area contributed by atoms with Crippen molar-refractivity contribution in [3.05, 3.63) is 24.3 Å². The topological polar surface area (TPSA) is 114 Å². The number of piperidine rings is 1. The molecule has 0 unspecified atom stereocenters. The summed E-state index contributed by atoms with van der Waals surface area (Å²) in [6.07, 6.45) is 0.973. The maximum absolute atomic E-state index is 12.3. The van der Waals surface area contributed by atoms with Gasteiger partial charge in [0, 0.05) is 24.2 Å². The maximum atomic E-state index is 12.3. The standard InChI is InChI=1S/C21H29N3O6/c1-21(2,3)19(27)24-11-9-14(10-12-24)18(26)30-13-17(25)23-20(28)22-15-5-7-16(29-4)8-6-15/h5-8,14H,9-13H2,1-4H3,(H2,22,23,25,28). The highest BCUT2D eigenvalue weighted by Gasteiger charge is 2.33. The fourth-order valence-electron chi connectivity index (χ4n) is 3.05. The third-order valence-corrected chi connectivity index (χ3v) is 4.70. The number of nitrogens with zero attached hydrogens (tertiary/aromatic N) is 1. The number of rotatable bonds is 5. The number of urea groups is 1. The predicted molar refractivity (Wildman–Crippen MR) is 110 cm³/mol. The van der Waals surface area contributed by atoms with E-state index < -0.39 is 29.9 Å². The summed E-state index contributed by atoms with van der Waals surface area (Å²) in [5, 5.41) is 4.60. The molecule has 0 aliphatic carbocycles. The minimum absolute atomic E-state index is 0.0524. The Morgan fingerprint density at radius 2 is 1.67 bits per heavy atom. The molecule has 30 heavy (non-hydrogen) atoms. The van der Waals surface area contributed by atoms with Crippen LogP contribution >= 0.6 is 0 Å². The molecule has 1 aliphatic heterocycles. The smallest absolute Gasteiger partial charge is 0.325 e. The van der Waals surface area contributed by atoms with Crippen molar-refractivity contribution in [3.8, 4) is 5.75 Å². The van der Waals surface area contributed by atoms with Crippen molar-refractivity contribution in [3.63, 3.8) is 0 Å². The first kappa shape index (κ1) is 23.2. The van der Waals surface area contributed by atoms with Gasteiger partial charge in [-0.05, 0) is 37.1 Å². The molecule has 1 heterocycles. The van der Waals surface area contributed by atoms with Crippen LogP contribution in [0.1, 0.15) is 33.6 Å². The Morgan fingerprint density at radius 3 is 2.20 bits per heavy atom. The van der Waals surface area contributed by atoms with E-state index in [0.29, 0.717) is 37.4 Å². The van der Waals surface area contributed by atoms with Gasteiger partial charge in [-0.1, -0.05) is 20.8 Å². The summed E-state index contributed by atoms with van der Waals surface area (Å²) < 4.78 is 10.1. The summed E-state index contributed by atoms with van der Waals surface area (Å²) in [6.45, 7) is 5.99. The Kier molecular flexibility index (Phi) is 7.79. The van der Waals surface area contributed by atoms with Crippen molar-refractivity contribution in [2.45, 2.75) is 33.6 Å². The van der Waals surface area contributed by atoms with Crippen molar-refractivity contribution >= 4 is 29.5 Å². The average Bonchev–Trinajstić information content (AvgIpc) is 2.71. The summed E-state index contributed by atoms with van der Waals surface area (Å²) >= 11 is 0. The lowest BCUT2D eigenvalue weighted by Gasteiger charge is -2.34. The van der Waals surface area contributed by atoms with Gasteiger partial charge in [-0.15, -0.1) is 0 Å². The molecular formula is C21H29N3O6. The Bertz CT molecular complexity index is 777. The third kappa shape index (κ3) is 6.75. The monoisotopic (exact) mass is 419 g/mol. The molecular weight excluding hydrogens is 390 g/mol. The fourth-order valence-corrected chi connectivity index (χ4v) is 3.05. The molecule has 1 aromatic carbocycles. The van der Waals surface area contributed by atoms with Crippen LogP contribution in [0.3, 0.4) is 0 Å². The van der Waals surface area contributed by atoms with E-state index in [-0.39, 0.29) is 11.8 Å². The molecule has 2 rings (SSSR count). The van der Waals surface area contributed by atoms with Crippen LogP contribution in [0.4, 0.5) is 10.5 Å². The number of methoxy groups -OCH3 is 1. The van der Waals surface area contributed by atoms with Gasteiger partial charge < -0.3 is 19.7 Å². The number of hydrogen-bond acceptors (Lipinski definition) is 6. The van der Waals surface area contributed by atoms with Crippen molar-refractivity contribution in [1.29, 1.82) is 0 Å². The number of esters is 1. The van der Waals surface area contributed by atoms with Gasteiger partial charge in [0.1, 0.15) is 5.75 Å². The van der Waals surface area contributed by atoms with Gasteiger partial charge in [0.05, 0.1) is 13.0 Å². The van der Waals surface area contributed by atoms with Crippen LogP contribution in [-0.4, -0.2) is 55.5 Å². The largest absolute Gasteiger partial charge is 0.497 e. The van der Waals surface area contributed by atoms with Crippen molar-refractivity contribution in [1.82, 2.24) is 10.2 Å². The molecule has 1 saturated heterocycles. The number of anilines is 1. The molecule has 1 aliphatic rings. The van der Waals surface area contributed by atoms with Crippen LogP contribution < -0.4 is 15.4 Å². The molecule has 0 radical (unpaired) electrons. The highest BCUT2D eigenvalue weighted by molar-refractivity contribution is 6.01. The van der Waals surface area contributed by atoms with E-state index in [4.69, 9.17) is 9.47 Å². The van der Waals surface area contributed by atoms with Gasteiger partial charge >= 0.3 is 12.0 Å². The molecule has 9 heteroatoms. The minimum Gasteiger partial charge on any atom is -0.497 e.